The molecule has 8 heteroatoms. The van der Waals surface area contributed by atoms with Gasteiger partial charge in [0.05, 0.1) is 12.6 Å². The SMILES string of the molecule is CCCNC(=O)CN1CCC(NC(=NC)NCCCCOC2CCCCCC2)CC1.I. The van der Waals surface area contributed by atoms with E-state index in [1.54, 1.807) is 0 Å². The van der Waals surface area contributed by atoms with E-state index >= 15 is 0 Å². The smallest absolute Gasteiger partial charge is 0.234 e. The van der Waals surface area contributed by atoms with Gasteiger partial charge in [-0.25, -0.2) is 0 Å². The molecule has 0 spiro atoms. The van der Waals surface area contributed by atoms with E-state index in [2.05, 4.69) is 32.8 Å². The Bertz CT molecular complexity index is 490. The van der Waals surface area contributed by atoms with Crippen LogP contribution in [0.1, 0.15) is 77.6 Å². The highest BCUT2D eigenvalue weighted by molar-refractivity contribution is 14.0. The summed E-state index contributed by atoms with van der Waals surface area (Å²) in [4.78, 5) is 18.5. The number of guanidine groups is 1. The number of carbonyl (C=O) groups is 1. The van der Waals surface area contributed by atoms with Crippen molar-refractivity contribution in [2.75, 3.05) is 46.4 Å². The highest BCUT2D eigenvalue weighted by Crippen LogP contribution is 2.19. The van der Waals surface area contributed by atoms with Crippen molar-refractivity contribution in [1.82, 2.24) is 20.9 Å². The molecule has 2 fully saturated rings. The first-order valence-corrected chi connectivity index (χ1v) is 12.3. The Morgan fingerprint density at radius 2 is 1.71 bits per heavy atom. The molecule has 2 rings (SSSR count). The molecule has 0 aromatic heterocycles. The van der Waals surface area contributed by atoms with E-state index in [1.165, 1.54) is 38.5 Å². The molecule has 1 aliphatic carbocycles. The summed E-state index contributed by atoms with van der Waals surface area (Å²) in [6.45, 7) is 7.06. The number of rotatable bonds is 11. The average Bonchev–Trinajstić information content (AvgIpc) is 3.04. The van der Waals surface area contributed by atoms with Gasteiger partial charge in [0.25, 0.3) is 0 Å². The minimum atomic E-state index is 0. The molecule has 0 atom stereocenters. The number of carbonyl (C=O) groups excluding carboxylic acids is 1. The fourth-order valence-electron chi connectivity index (χ4n) is 4.24. The fourth-order valence-corrected chi connectivity index (χ4v) is 4.24. The molecule has 0 bridgehead atoms. The molecule has 0 radical (unpaired) electrons. The zero-order chi connectivity index (χ0) is 21.4. The van der Waals surface area contributed by atoms with Gasteiger partial charge in [-0.3, -0.25) is 14.7 Å². The maximum atomic E-state index is 11.9. The summed E-state index contributed by atoms with van der Waals surface area (Å²) in [6, 6.07) is 0.421. The Hall–Kier alpha value is -0.610. The van der Waals surface area contributed by atoms with Crippen LogP contribution in [0.15, 0.2) is 4.99 Å². The van der Waals surface area contributed by atoms with Crippen molar-refractivity contribution in [1.29, 1.82) is 0 Å². The average molecular weight is 552 g/mol. The van der Waals surface area contributed by atoms with Crippen LogP contribution < -0.4 is 16.0 Å². The van der Waals surface area contributed by atoms with Crippen LogP contribution in [0.4, 0.5) is 0 Å². The summed E-state index contributed by atoms with van der Waals surface area (Å²) in [7, 11) is 1.83. The zero-order valence-electron chi connectivity index (χ0n) is 19.8. The largest absolute Gasteiger partial charge is 0.378 e. The lowest BCUT2D eigenvalue weighted by Crippen LogP contribution is -2.50. The van der Waals surface area contributed by atoms with Crippen molar-refractivity contribution in [3.63, 3.8) is 0 Å². The van der Waals surface area contributed by atoms with Gasteiger partial charge in [0.15, 0.2) is 5.96 Å². The third kappa shape index (κ3) is 12.9. The van der Waals surface area contributed by atoms with Crippen molar-refractivity contribution in [2.45, 2.75) is 89.7 Å². The molecule has 31 heavy (non-hydrogen) atoms. The molecule has 3 N–H and O–H groups in total. The monoisotopic (exact) mass is 551 g/mol. The van der Waals surface area contributed by atoms with Crippen molar-refractivity contribution in [2.24, 2.45) is 4.99 Å². The number of halogens is 1. The van der Waals surface area contributed by atoms with Crippen LogP contribution in [0, 0.1) is 0 Å². The quantitative estimate of drug-likeness (QED) is 0.121. The highest BCUT2D eigenvalue weighted by atomic mass is 127. The van der Waals surface area contributed by atoms with E-state index in [-0.39, 0.29) is 29.9 Å². The van der Waals surface area contributed by atoms with Crippen molar-refractivity contribution >= 4 is 35.8 Å². The summed E-state index contributed by atoms with van der Waals surface area (Å²) >= 11 is 0. The summed E-state index contributed by atoms with van der Waals surface area (Å²) in [6.07, 6.45) is 13.7. The van der Waals surface area contributed by atoms with Gasteiger partial charge >= 0.3 is 0 Å². The predicted molar refractivity (Wildman–Crippen MR) is 139 cm³/mol. The van der Waals surface area contributed by atoms with Gasteiger partial charge in [0, 0.05) is 45.9 Å². The van der Waals surface area contributed by atoms with Crippen molar-refractivity contribution in [3.8, 4) is 0 Å². The topological polar surface area (TPSA) is 78.0 Å². The number of aliphatic imine (C=N–C) groups is 1. The minimum Gasteiger partial charge on any atom is -0.378 e. The number of hydrogen-bond donors (Lipinski definition) is 3. The van der Waals surface area contributed by atoms with Crippen LogP contribution in [-0.2, 0) is 9.53 Å². The molecule has 1 amide bonds. The van der Waals surface area contributed by atoms with Crippen LogP contribution in [0.5, 0.6) is 0 Å². The summed E-state index contributed by atoms with van der Waals surface area (Å²) < 4.78 is 6.07. The van der Waals surface area contributed by atoms with Gasteiger partial charge in [-0.05, 0) is 44.9 Å². The van der Waals surface area contributed by atoms with E-state index in [0.717, 1.165) is 70.8 Å². The minimum absolute atomic E-state index is 0. The zero-order valence-corrected chi connectivity index (χ0v) is 22.1. The van der Waals surface area contributed by atoms with Gasteiger partial charge < -0.3 is 20.7 Å². The first kappa shape index (κ1) is 28.4. The number of likely N-dealkylation sites (tertiary alicyclic amines) is 1. The number of nitrogens with one attached hydrogen (secondary N) is 3. The number of unbranched alkanes of at least 4 members (excludes halogenated alkanes) is 1. The van der Waals surface area contributed by atoms with E-state index in [0.29, 0.717) is 18.7 Å². The predicted octanol–water partition coefficient (Wildman–Crippen LogP) is 3.28. The molecule has 7 nitrogen and oxygen atoms in total. The fraction of sp³-hybridized carbons (Fsp3) is 0.913. The van der Waals surface area contributed by atoms with E-state index in [1.807, 2.05) is 7.05 Å². The molecular weight excluding hydrogens is 505 g/mol. The molecule has 1 aliphatic heterocycles. The maximum Gasteiger partial charge on any atom is 0.234 e. The number of nitrogens with zero attached hydrogens (tertiary/aromatic N) is 2. The second-order valence-corrected chi connectivity index (χ2v) is 8.74. The summed E-state index contributed by atoms with van der Waals surface area (Å²) in [5.41, 5.74) is 0. The normalized spacial score (nSPS) is 19.4. The van der Waals surface area contributed by atoms with Gasteiger partial charge in [0.1, 0.15) is 0 Å². The molecule has 0 aromatic rings. The van der Waals surface area contributed by atoms with Crippen LogP contribution in [0.3, 0.4) is 0 Å². The molecule has 1 saturated heterocycles. The lowest BCUT2D eigenvalue weighted by Gasteiger charge is -2.32. The Morgan fingerprint density at radius 1 is 1.00 bits per heavy atom. The molecule has 0 aromatic carbocycles. The van der Waals surface area contributed by atoms with E-state index in [9.17, 15) is 4.79 Å². The van der Waals surface area contributed by atoms with Gasteiger partial charge in [-0.1, -0.05) is 32.6 Å². The van der Waals surface area contributed by atoms with Crippen LogP contribution in [0.25, 0.3) is 0 Å². The maximum absolute atomic E-state index is 11.9. The molecular formula is C23H46IN5O2. The van der Waals surface area contributed by atoms with Crippen molar-refractivity contribution in [3.05, 3.63) is 0 Å². The van der Waals surface area contributed by atoms with E-state index < -0.39 is 0 Å². The number of piperidine rings is 1. The van der Waals surface area contributed by atoms with Crippen LogP contribution in [0.2, 0.25) is 0 Å². The summed E-state index contributed by atoms with van der Waals surface area (Å²) in [5, 5.41) is 9.94. The van der Waals surface area contributed by atoms with Gasteiger partial charge in [-0.2, -0.15) is 0 Å². The van der Waals surface area contributed by atoms with E-state index in [4.69, 9.17) is 4.74 Å². The lowest BCUT2D eigenvalue weighted by atomic mass is 10.1. The van der Waals surface area contributed by atoms with Crippen LogP contribution in [-0.4, -0.2) is 75.3 Å². The first-order valence-electron chi connectivity index (χ1n) is 12.3. The third-order valence-corrected chi connectivity index (χ3v) is 6.11. The third-order valence-electron chi connectivity index (χ3n) is 6.11. The second-order valence-electron chi connectivity index (χ2n) is 8.74. The molecule has 2 aliphatic rings. The molecule has 1 heterocycles. The summed E-state index contributed by atoms with van der Waals surface area (Å²) in [5.74, 6) is 1.03. The Kier molecular flexibility index (Phi) is 16.4. The molecule has 182 valence electrons. The first-order chi connectivity index (χ1) is 14.7. The van der Waals surface area contributed by atoms with Gasteiger partial charge in [0.2, 0.25) is 5.91 Å². The Morgan fingerprint density at radius 3 is 2.35 bits per heavy atom. The number of hydrogen-bond acceptors (Lipinski definition) is 4. The number of ether oxygens (including phenoxy) is 1. The van der Waals surface area contributed by atoms with Crippen LogP contribution >= 0.6 is 24.0 Å². The van der Waals surface area contributed by atoms with Crippen molar-refractivity contribution < 1.29 is 9.53 Å². The number of amides is 1. The lowest BCUT2D eigenvalue weighted by molar-refractivity contribution is -0.122. The Balaban J connectivity index is 0.00000480. The molecule has 1 saturated carbocycles. The second kappa shape index (κ2) is 17.9. The molecule has 0 unspecified atom stereocenters. The standard InChI is InChI=1S/C23H45N5O2.HI/c1-3-14-25-22(29)19-28-16-12-20(13-17-28)27-23(24-2)26-15-8-9-18-30-21-10-6-4-5-7-11-21;/h20-21H,3-19H2,1-2H3,(H,25,29)(H2,24,26,27);1H. The highest BCUT2D eigenvalue weighted by Gasteiger charge is 2.21. The Labute approximate surface area is 206 Å². The van der Waals surface area contributed by atoms with Gasteiger partial charge in [-0.15, -0.1) is 24.0 Å².